The van der Waals surface area contributed by atoms with Crippen molar-refractivity contribution in [1.29, 1.82) is 0 Å². The van der Waals surface area contributed by atoms with Gasteiger partial charge in [0.2, 0.25) is 5.91 Å². The van der Waals surface area contributed by atoms with E-state index in [4.69, 9.17) is 4.98 Å². The lowest BCUT2D eigenvalue weighted by atomic mass is 9.96. The third-order valence-electron chi connectivity index (χ3n) is 6.43. The van der Waals surface area contributed by atoms with Crippen molar-refractivity contribution in [2.45, 2.75) is 37.8 Å². The predicted octanol–water partition coefficient (Wildman–Crippen LogP) is 6.74. The SMILES string of the molecule is Cc1ccc2nc(-c3ccc(NC(=O)CSc4nnc(-c5csc6c5CCCC6)n4C)cc3)sc2c1. The van der Waals surface area contributed by atoms with Crippen molar-refractivity contribution >= 4 is 56.2 Å². The highest BCUT2D eigenvalue weighted by Gasteiger charge is 2.21. The first kappa shape index (κ1) is 23.4. The first-order chi connectivity index (χ1) is 17.5. The molecule has 36 heavy (non-hydrogen) atoms. The summed E-state index contributed by atoms with van der Waals surface area (Å²) in [4.78, 5) is 18.9. The molecule has 5 aromatic rings. The maximum Gasteiger partial charge on any atom is 0.234 e. The topological polar surface area (TPSA) is 72.7 Å². The number of rotatable bonds is 6. The monoisotopic (exact) mass is 531 g/mol. The predicted molar refractivity (Wildman–Crippen MR) is 150 cm³/mol. The summed E-state index contributed by atoms with van der Waals surface area (Å²) in [5, 5.41) is 15.7. The Hall–Kier alpha value is -3.01. The van der Waals surface area contributed by atoms with Gasteiger partial charge in [-0.2, -0.15) is 0 Å². The van der Waals surface area contributed by atoms with E-state index in [0.29, 0.717) is 0 Å². The van der Waals surface area contributed by atoms with Gasteiger partial charge in [0, 0.05) is 34.1 Å². The third kappa shape index (κ3) is 4.58. The quantitative estimate of drug-likeness (QED) is 0.246. The molecule has 9 heteroatoms. The molecule has 0 fully saturated rings. The Balaban J connectivity index is 1.09. The molecular formula is C27H25N5OS3. The fourth-order valence-corrected chi connectivity index (χ4v) is 7.44. The highest BCUT2D eigenvalue weighted by Crippen LogP contribution is 2.36. The van der Waals surface area contributed by atoms with Crippen LogP contribution in [0.4, 0.5) is 5.69 Å². The Labute approximate surface area is 221 Å². The summed E-state index contributed by atoms with van der Waals surface area (Å²) in [6.45, 7) is 2.09. The van der Waals surface area contributed by atoms with Crippen molar-refractivity contribution in [3.05, 3.63) is 63.8 Å². The van der Waals surface area contributed by atoms with Gasteiger partial charge in [-0.1, -0.05) is 17.8 Å². The average Bonchev–Trinajstić information content (AvgIpc) is 3.59. The number of anilines is 1. The van der Waals surface area contributed by atoms with Crippen LogP contribution in [-0.2, 0) is 24.7 Å². The number of fused-ring (bicyclic) bond motifs is 2. The van der Waals surface area contributed by atoms with Crippen LogP contribution in [-0.4, -0.2) is 31.4 Å². The second-order valence-corrected chi connectivity index (χ2v) is 12.0. The van der Waals surface area contributed by atoms with Gasteiger partial charge in [-0.25, -0.2) is 4.98 Å². The summed E-state index contributed by atoms with van der Waals surface area (Å²) in [5.41, 5.74) is 6.69. The number of thiophene rings is 1. The number of benzene rings is 2. The lowest BCUT2D eigenvalue weighted by molar-refractivity contribution is -0.113. The number of thioether (sulfide) groups is 1. The molecule has 3 aromatic heterocycles. The Morgan fingerprint density at radius 2 is 1.94 bits per heavy atom. The normalized spacial score (nSPS) is 13.2. The molecule has 6 rings (SSSR count). The van der Waals surface area contributed by atoms with Crippen LogP contribution < -0.4 is 5.32 Å². The van der Waals surface area contributed by atoms with Crippen molar-refractivity contribution in [2.75, 3.05) is 11.1 Å². The van der Waals surface area contributed by atoms with Crippen LogP contribution >= 0.6 is 34.4 Å². The minimum atomic E-state index is -0.0688. The van der Waals surface area contributed by atoms with Gasteiger partial charge >= 0.3 is 0 Å². The number of thiazole rings is 1. The molecule has 0 saturated heterocycles. The minimum absolute atomic E-state index is 0.0688. The molecule has 1 N–H and O–H groups in total. The van der Waals surface area contributed by atoms with E-state index in [2.05, 4.69) is 46.0 Å². The number of amides is 1. The van der Waals surface area contributed by atoms with Gasteiger partial charge in [-0.15, -0.1) is 32.9 Å². The lowest BCUT2D eigenvalue weighted by Crippen LogP contribution is -2.14. The molecular weight excluding hydrogens is 507 g/mol. The molecule has 0 saturated carbocycles. The lowest BCUT2D eigenvalue weighted by Gasteiger charge is -2.12. The summed E-state index contributed by atoms with van der Waals surface area (Å²) in [6.07, 6.45) is 4.79. The van der Waals surface area contributed by atoms with Crippen LogP contribution in [0.2, 0.25) is 0 Å². The molecule has 0 atom stereocenters. The zero-order valence-electron chi connectivity index (χ0n) is 20.1. The van der Waals surface area contributed by atoms with Crippen LogP contribution in [0.1, 0.15) is 28.8 Å². The zero-order valence-corrected chi connectivity index (χ0v) is 22.5. The van der Waals surface area contributed by atoms with Crippen molar-refractivity contribution in [1.82, 2.24) is 19.7 Å². The fraction of sp³-hybridized carbons (Fsp3) is 0.259. The molecule has 3 heterocycles. The molecule has 182 valence electrons. The van der Waals surface area contributed by atoms with Gasteiger partial charge in [0.25, 0.3) is 0 Å². The number of aromatic nitrogens is 4. The number of nitrogens with zero attached hydrogens (tertiary/aromatic N) is 4. The standard InChI is InChI=1S/C27H25N5OS3/c1-16-7-12-21-23(13-16)36-26(29-21)17-8-10-18(11-9-17)28-24(33)15-35-27-31-30-25(32(27)2)20-14-34-22-6-4-3-5-19(20)22/h7-14H,3-6,15H2,1-2H3,(H,28,33). The van der Waals surface area contributed by atoms with Crippen molar-refractivity contribution in [2.24, 2.45) is 7.05 Å². The molecule has 0 bridgehead atoms. The highest BCUT2D eigenvalue weighted by atomic mass is 32.2. The molecule has 0 aliphatic heterocycles. The summed E-state index contributed by atoms with van der Waals surface area (Å²) in [5.74, 6) is 1.09. The van der Waals surface area contributed by atoms with Gasteiger partial charge in [-0.3, -0.25) is 4.79 Å². The first-order valence-electron chi connectivity index (χ1n) is 11.9. The van der Waals surface area contributed by atoms with Gasteiger partial charge < -0.3 is 9.88 Å². The number of aryl methyl sites for hydroxylation is 2. The van der Waals surface area contributed by atoms with Crippen LogP contribution in [0, 0.1) is 6.92 Å². The average molecular weight is 532 g/mol. The second kappa shape index (κ2) is 9.80. The Kier molecular flexibility index (Phi) is 6.37. The van der Waals surface area contributed by atoms with Crippen LogP contribution in [0.15, 0.2) is 53.0 Å². The summed E-state index contributed by atoms with van der Waals surface area (Å²) in [7, 11) is 1.98. The third-order valence-corrected chi connectivity index (χ3v) is 9.61. The van der Waals surface area contributed by atoms with Gasteiger partial charge in [0.1, 0.15) is 5.01 Å². The fourth-order valence-electron chi connectivity index (χ4n) is 4.54. The van der Waals surface area contributed by atoms with Crippen LogP contribution in [0.3, 0.4) is 0 Å². The molecule has 0 radical (unpaired) electrons. The van der Waals surface area contributed by atoms with E-state index in [-0.39, 0.29) is 11.7 Å². The van der Waals surface area contributed by atoms with E-state index in [1.807, 2.05) is 47.2 Å². The van der Waals surface area contributed by atoms with E-state index >= 15 is 0 Å². The minimum Gasteiger partial charge on any atom is -0.325 e. The molecule has 0 spiro atoms. The maximum atomic E-state index is 12.6. The Morgan fingerprint density at radius 3 is 2.81 bits per heavy atom. The largest absolute Gasteiger partial charge is 0.325 e. The van der Waals surface area contributed by atoms with E-state index in [9.17, 15) is 4.79 Å². The Morgan fingerprint density at radius 1 is 1.11 bits per heavy atom. The summed E-state index contributed by atoms with van der Waals surface area (Å²) < 4.78 is 3.19. The van der Waals surface area contributed by atoms with E-state index in [1.165, 1.54) is 57.3 Å². The first-order valence-corrected chi connectivity index (χ1v) is 14.6. The molecule has 1 aliphatic carbocycles. The number of carbonyl (C=O) groups excluding carboxylic acids is 1. The molecule has 0 unspecified atom stereocenters. The number of hydrogen-bond donors (Lipinski definition) is 1. The van der Waals surface area contributed by atoms with E-state index in [0.717, 1.165) is 39.2 Å². The summed E-state index contributed by atoms with van der Waals surface area (Å²) in [6, 6.07) is 14.2. The van der Waals surface area contributed by atoms with Gasteiger partial charge in [-0.05, 0) is 80.1 Å². The van der Waals surface area contributed by atoms with E-state index < -0.39 is 0 Å². The second-order valence-electron chi connectivity index (χ2n) is 9.03. The Bertz CT molecular complexity index is 1560. The number of nitrogens with one attached hydrogen (secondary N) is 1. The number of carbonyl (C=O) groups is 1. The molecule has 6 nitrogen and oxygen atoms in total. The highest BCUT2D eigenvalue weighted by molar-refractivity contribution is 7.99. The smallest absolute Gasteiger partial charge is 0.234 e. The number of hydrogen-bond acceptors (Lipinski definition) is 7. The zero-order chi connectivity index (χ0) is 24.6. The molecule has 1 aliphatic rings. The van der Waals surface area contributed by atoms with Crippen LogP contribution in [0.5, 0.6) is 0 Å². The maximum absolute atomic E-state index is 12.6. The molecule has 1 amide bonds. The molecule has 2 aromatic carbocycles. The van der Waals surface area contributed by atoms with E-state index in [1.54, 1.807) is 11.3 Å². The van der Waals surface area contributed by atoms with Crippen molar-refractivity contribution < 1.29 is 4.79 Å². The van der Waals surface area contributed by atoms with Gasteiger partial charge in [0.05, 0.1) is 16.0 Å². The summed E-state index contributed by atoms with van der Waals surface area (Å²) >= 11 is 4.92. The van der Waals surface area contributed by atoms with Gasteiger partial charge in [0.15, 0.2) is 11.0 Å². The van der Waals surface area contributed by atoms with Crippen LogP contribution in [0.25, 0.3) is 32.2 Å². The van der Waals surface area contributed by atoms with Crippen molar-refractivity contribution in [3.8, 4) is 22.0 Å². The van der Waals surface area contributed by atoms with Crippen molar-refractivity contribution in [3.63, 3.8) is 0 Å².